The highest BCUT2D eigenvalue weighted by Crippen LogP contribution is 2.33. The van der Waals surface area contributed by atoms with Crippen molar-refractivity contribution < 1.29 is 18.7 Å². The number of esters is 1. The summed E-state index contributed by atoms with van der Waals surface area (Å²) in [6.07, 6.45) is 2.64. The van der Waals surface area contributed by atoms with Crippen LogP contribution in [0.1, 0.15) is 10.4 Å². The molecule has 3 aromatic rings. The van der Waals surface area contributed by atoms with E-state index in [0.29, 0.717) is 5.69 Å². The number of para-hydroxylation sites is 1. The number of nitrogens with one attached hydrogen (secondary N) is 1. The van der Waals surface area contributed by atoms with Crippen LogP contribution in [0.15, 0.2) is 87.4 Å². The van der Waals surface area contributed by atoms with Gasteiger partial charge in [-0.15, -0.1) is 0 Å². The maximum absolute atomic E-state index is 12.1. The molecular formula is C19H15NO4S. The predicted octanol–water partition coefficient (Wildman–Crippen LogP) is 4.23. The van der Waals surface area contributed by atoms with Gasteiger partial charge in [-0.05, 0) is 30.3 Å². The molecule has 1 amide bonds. The average Bonchev–Trinajstić information content (AvgIpc) is 3.17. The normalized spacial score (nSPS) is 10.2. The molecule has 25 heavy (non-hydrogen) atoms. The van der Waals surface area contributed by atoms with Crippen LogP contribution in [-0.2, 0) is 9.53 Å². The molecule has 0 spiro atoms. The molecule has 3 rings (SSSR count). The Hall–Kier alpha value is -2.99. The van der Waals surface area contributed by atoms with Crippen LogP contribution in [-0.4, -0.2) is 18.5 Å². The van der Waals surface area contributed by atoms with Gasteiger partial charge in [0.05, 0.1) is 17.5 Å². The van der Waals surface area contributed by atoms with Crippen molar-refractivity contribution in [3.8, 4) is 0 Å². The third-order valence-corrected chi connectivity index (χ3v) is 4.31. The molecule has 5 nitrogen and oxygen atoms in total. The van der Waals surface area contributed by atoms with Crippen LogP contribution in [0.25, 0.3) is 0 Å². The summed E-state index contributed by atoms with van der Waals surface area (Å²) in [7, 11) is 0. The minimum atomic E-state index is -0.601. The molecule has 1 aromatic heterocycles. The van der Waals surface area contributed by atoms with E-state index in [9.17, 15) is 9.59 Å². The van der Waals surface area contributed by atoms with Gasteiger partial charge in [0.2, 0.25) is 0 Å². The van der Waals surface area contributed by atoms with Crippen molar-refractivity contribution in [1.82, 2.24) is 0 Å². The number of anilines is 1. The van der Waals surface area contributed by atoms with Crippen molar-refractivity contribution in [3.63, 3.8) is 0 Å². The molecule has 0 saturated carbocycles. The fourth-order valence-electron chi connectivity index (χ4n) is 2.06. The van der Waals surface area contributed by atoms with E-state index in [0.717, 1.165) is 9.79 Å². The van der Waals surface area contributed by atoms with Crippen LogP contribution in [0.2, 0.25) is 0 Å². The number of ether oxygens (including phenoxy) is 1. The molecule has 6 heteroatoms. The number of hydrogen-bond donors (Lipinski definition) is 1. The third kappa shape index (κ3) is 4.74. The summed E-state index contributed by atoms with van der Waals surface area (Å²) in [5.74, 6) is -1.01. The second-order valence-electron chi connectivity index (χ2n) is 5.05. The fourth-order valence-corrected chi connectivity index (χ4v) is 2.98. The smallest absolute Gasteiger partial charge is 0.341 e. The minimum absolute atomic E-state index is 0.271. The third-order valence-electron chi connectivity index (χ3n) is 3.22. The van der Waals surface area contributed by atoms with Crippen LogP contribution >= 0.6 is 11.8 Å². The minimum Gasteiger partial charge on any atom is -0.472 e. The standard InChI is InChI=1S/C19H15NO4S/c21-18(13-24-19(22)14-10-11-23-12-14)20-16-8-4-5-9-17(16)25-15-6-2-1-3-7-15/h1-12H,13H2,(H,20,21). The van der Waals surface area contributed by atoms with Crippen LogP contribution < -0.4 is 5.32 Å². The first-order chi connectivity index (χ1) is 12.2. The number of hydrogen-bond acceptors (Lipinski definition) is 5. The summed E-state index contributed by atoms with van der Waals surface area (Å²) in [6, 6.07) is 18.8. The van der Waals surface area contributed by atoms with Crippen LogP contribution in [0.3, 0.4) is 0 Å². The van der Waals surface area contributed by atoms with E-state index in [1.807, 2.05) is 48.5 Å². The number of amides is 1. The molecule has 0 bridgehead atoms. The van der Waals surface area contributed by atoms with E-state index in [4.69, 9.17) is 9.15 Å². The molecule has 1 N–H and O–H groups in total. The van der Waals surface area contributed by atoms with Gasteiger partial charge in [0.15, 0.2) is 6.61 Å². The summed E-state index contributed by atoms with van der Waals surface area (Å²) in [5.41, 5.74) is 0.938. The second-order valence-corrected chi connectivity index (χ2v) is 6.16. The first-order valence-electron chi connectivity index (χ1n) is 7.53. The molecule has 0 unspecified atom stereocenters. The SMILES string of the molecule is O=C(COC(=O)c1ccoc1)Nc1ccccc1Sc1ccccc1. The molecule has 0 radical (unpaired) electrons. The van der Waals surface area contributed by atoms with Gasteiger partial charge < -0.3 is 14.5 Å². The molecule has 0 saturated heterocycles. The van der Waals surface area contributed by atoms with Gasteiger partial charge in [-0.2, -0.15) is 0 Å². The van der Waals surface area contributed by atoms with E-state index in [2.05, 4.69) is 5.32 Å². The molecule has 126 valence electrons. The molecule has 0 aliphatic rings. The van der Waals surface area contributed by atoms with Crippen molar-refractivity contribution in [3.05, 3.63) is 78.8 Å². The molecule has 0 aliphatic heterocycles. The van der Waals surface area contributed by atoms with Crippen molar-refractivity contribution in [2.24, 2.45) is 0 Å². The van der Waals surface area contributed by atoms with Crippen LogP contribution in [0.4, 0.5) is 5.69 Å². The van der Waals surface area contributed by atoms with Gasteiger partial charge in [0.1, 0.15) is 6.26 Å². The maximum atomic E-state index is 12.1. The summed E-state index contributed by atoms with van der Waals surface area (Å²) in [5, 5.41) is 2.77. The number of carbonyl (C=O) groups is 2. The molecular weight excluding hydrogens is 338 g/mol. The lowest BCUT2D eigenvalue weighted by Crippen LogP contribution is -2.21. The Kier molecular flexibility index (Phi) is 5.53. The topological polar surface area (TPSA) is 68.5 Å². The zero-order valence-electron chi connectivity index (χ0n) is 13.2. The van der Waals surface area contributed by atoms with Gasteiger partial charge in [-0.25, -0.2) is 4.79 Å². The summed E-state index contributed by atoms with van der Waals surface area (Å²) >= 11 is 1.54. The molecule has 1 heterocycles. The van der Waals surface area contributed by atoms with Gasteiger partial charge in [0.25, 0.3) is 5.91 Å². The molecule has 0 atom stereocenters. The van der Waals surface area contributed by atoms with Crippen molar-refractivity contribution in [1.29, 1.82) is 0 Å². The summed E-state index contributed by atoms with van der Waals surface area (Å²) in [6.45, 7) is -0.367. The Labute approximate surface area is 149 Å². The number of benzene rings is 2. The zero-order chi connectivity index (χ0) is 17.5. The van der Waals surface area contributed by atoms with Gasteiger partial charge in [-0.1, -0.05) is 42.1 Å². The first-order valence-corrected chi connectivity index (χ1v) is 8.35. The Morgan fingerprint density at radius 1 is 1.00 bits per heavy atom. The van der Waals surface area contributed by atoms with E-state index in [-0.39, 0.29) is 12.2 Å². The van der Waals surface area contributed by atoms with Crippen molar-refractivity contribution >= 4 is 29.3 Å². The number of furan rings is 1. The molecule has 0 aliphatic carbocycles. The van der Waals surface area contributed by atoms with Crippen molar-refractivity contribution in [2.75, 3.05) is 11.9 Å². The summed E-state index contributed by atoms with van der Waals surface area (Å²) in [4.78, 5) is 25.7. The lowest BCUT2D eigenvalue weighted by atomic mass is 10.3. The predicted molar refractivity (Wildman–Crippen MR) is 94.6 cm³/mol. The Bertz CT molecular complexity index is 847. The lowest BCUT2D eigenvalue weighted by molar-refractivity contribution is -0.119. The highest BCUT2D eigenvalue weighted by molar-refractivity contribution is 7.99. The first kappa shape index (κ1) is 16.9. The van der Waals surface area contributed by atoms with E-state index in [1.54, 1.807) is 17.8 Å². The largest absolute Gasteiger partial charge is 0.472 e. The fraction of sp³-hybridized carbons (Fsp3) is 0.0526. The number of carbonyl (C=O) groups excluding carboxylic acids is 2. The second kappa shape index (κ2) is 8.21. The lowest BCUT2D eigenvalue weighted by Gasteiger charge is -2.11. The molecule has 0 fully saturated rings. The van der Waals surface area contributed by atoms with Crippen LogP contribution in [0, 0.1) is 0 Å². The Balaban J connectivity index is 1.60. The van der Waals surface area contributed by atoms with Gasteiger partial charge in [-0.3, -0.25) is 4.79 Å². The summed E-state index contributed by atoms with van der Waals surface area (Å²) < 4.78 is 9.77. The van der Waals surface area contributed by atoms with E-state index < -0.39 is 11.9 Å². The van der Waals surface area contributed by atoms with E-state index >= 15 is 0 Å². The average molecular weight is 353 g/mol. The number of rotatable bonds is 6. The van der Waals surface area contributed by atoms with Crippen molar-refractivity contribution in [2.45, 2.75) is 9.79 Å². The monoisotopic (exact) mass is 353 g/mol. The molecule has 2 aromatic carbocycles. The van der Waals surface area contributed by atoms with Crippen LogP contribution in [0.5, 0.6) is 0 Å². The van der Waals surface area contributed by atoms with Gasteiger partial charge in [0, 0.05) is 9.79 Å². The highest BCUT2D eigenvalue weighted by atomic mass is 32.2. The zero-order valence-corrected chi connectivity index (χ0v) is 14.0. The Morgan fingerprint density at radius 3 is 2.52 bits per heavy atom. The highest BCUT2D eigenvalue weighted by Gasteiger charge is 2.12. The van der Waals surface area contributed by atoms with Gasteiger partial charge >= 0.3 is 5.97 Å². The Morgan fingerprint density at radius 2 is 1.76 bits per heavy atom. The quantitative estimate of drug-likeness (QED) is 0.672. The maximum Gasteiger partial charge on any atom is 0.341 e. The van der Waals surface area contributed by atoms with E-state index in [1.165, 1.54) is 18.6 Å².